The zero-order valence-electron chi connectivity index (χ0n) is 9.82. The Bertz CT molecular complexity index is 246. The molecule has 0 saturated heterocycles. The Hall–Kier alpha value is -0.410. The second kappa shape index (κ2) is 6.96. The predicted octanol–water partition coefficient (Wildman–Crippen LogP) is 3.15. The van der Waals surface area contributed by atoms with Crippen LogP contribution in [0.25, 0.3) is 0 Å². The average molecular weight is 227 g/mol. The standard InChI is InChI=1S/C12H21NOS/c1-10(2)9-15-11(3)7-13-8-12-5-4-6-14-12/h4-6,10-11,13H,7-9H2,1-3H3. The normalized spacial score (nSPS) is 13.3. The van der Waals surface area contributed by atoms with Gasteiger partial charge in [0.05, 0.1) is 12.8 Å². The lowest BCUT2D eigenvalue weighted by Gasteiger charge is -2.13. The smallest absolute Gasteiger partial charge is 0.117 e. The van der Waals surface area contributed by atoms with Crippen LogP contribution in [0.5, 0.6) is 0 Å². The van der Waals surface area contributed by atoms with Crippen LogP contribution < -0.4 is 5.32 Å². The number of rotatable bonds is 7. The summed E-state index contributed by atoms with van der Waals surface area (Å²) in [4.78, 5) is 0. The van der Waals surface area contributed by atoms with E-state index in [-0.39, 0.29) is 0 Å². The number of hydrogen-bond donors (Lipinski definition) is 1. The summed E-state index contributed by atoms with van der Waals surface area (Å²) < 4.78 is 5.24. The lowest BCUT2D eigenvalue weighted by molar-refractivity contribution is 0.484. The van der Waals surface area contributed by atoms with Gasteiger partial charge in [-0.2, -0.15) is 11.8 Å². The van der Waals surface area contributed by atoms with Gasteiger partial charge in [0.2, 0.25) is 0 Å². The topological polar surface area (TPSA) is 25.2 Å². The van der Waals surface area contributed by atoms with E-state index in [1.807, 2.05) is 23.9 Å². The van der Waals surface area contributed by atoms with Crippen LogP contribution in [0.3, 0.4) is 0 Å². The second-order valence-corrected chi connectivity index (χ2v) is 5.72. The molecule has 1 aromatic heterocycles. The maximum Gasteiger partial charge on any atom is 0.117 e. The van der Waals surface area contributed by atoms with E-state index in [1.54, 1.807) is 6.26 Å². The first kappa shape index (κ1) is 12.7. The van der Waals surface area contributed by atoms with Gasteiger partial charge in [-0.05, 0) is 23.8 Å². The maximum absolute atomic E-state index is 5.24. The quantitative estimate of drug-likeness (QED) is 0.774. The number of furan rings is 1. The highest BCUT2D eigenvalue weighted by Gasteiger charge is 2.04. The molecule has 1 aromatic rings. The van der Waals surface area contributed by atoms with Crippen molar-refractivity contribution in [3.63, 3.8) is 0 Å². The highest BCUT2D eigenvalue weighted by molar-refractivity contribution is 7.99. The van der Waals surface area contributed by atoms with Crippen LogP contribution in [0.15, 0.2) is 22.8 Å². The molecule has 1 N–H and O–H groups in total. The van der Waals surface area contributed by atoms with Gasteiger partial charge in [-0.1, -0.05) is 20.8 Å². The van der Waals surface area contributed by atoms with Gasteiger partial charge >= 0.3 is 0 Å². The van der Waals surface area contributed by atoms with E-state index in [0.717, 1.165) is 24.8 Å². The maximum atomic E-state index is 5.24. The lowest BCUT2D eigenvalue weighted by Crippen LogP contribution is -2.22. The molecular weight excluding hydrogens is 206 g/mol. The molecule has 0 bridgehead atoms. The van der Waals surface area contributed by atoms with E-state index in [1.165, 1.54) is 5.75 Å². The van der Waals surface area contributed by atoms with Crippen LogP contribution in [0, 0.1) is 5.92 Å². The Morgan fingerprint density at radius 2 is 2.20 bits per heavy atom. The molecular formula is C12H21NOS. The van der Waals surface area contributed by atoms with Crippen molar-refractivity contribution in [3.05, 3.63) is 24.2 Å². The van der Waals surface area contributed by atoms with Gasteiger partial charge in [0.25, 0.3) is 0 Å². The molecule has 1 rings (SSSR count). The summed E-state index contributed by atoms with van der Waals surface area (Å²) in [5, 5.41) is 4.07. The first-order valence-electron chi connectivity index (χ1n) is 5.53. The number of thioether (sulfide) groups is 1. The fourth-order valence-corrected chi connectivity index (χ4v) is 2.18. The minimum atomic E-state index is 0.669. The SMILES string of the molecule is CC(C)CSC(C)CNCc1ccco1. The molecule has 0 amide bonds. The minimum absolute atomic E-state index is 0.669. The van der Waals surface area contributed by atoms with Crippen LogP contribution in [0.2, 0.25) is 0 Å². The van der Waals surface area contributed by atoms with Gasteiger partial charge in [0.15, 0.2) is 0 Å². The van der Waals surface area contributed by atoms with Crippen LogP contribution in [-0.4, -0.2) is 17.5 Å². The van der Waals surface area contributed by atoms with Crippen molar-refractivity contribution in [1.29, 1.82) is 0 Å². The summed E-state index contributed by atoms with van der Waals surface area (Å²) in [7, 11) is 0. The largest absolute Gasteiger partial charge is 0.468 e. The van der Waals surface area contributed by atoms with Gasteiger partial charge in [0, 0.05) is 11.8 Å². The molecule has 0 aromatic carbocycles. The van der Waals surface area contributed by atoms with E-state index in [9.17, 15) is 0 Å². The lowest BCUT2D eigenvalue weighted by atomic mass is 10.3. The monoisotopic (exact) mass is 227 g/mol. The Balaban J connectivity index is 2.04. The summed E-state index contributed by atoms with van der Waals surface area (Å²) in [6, 6.07) is 3.92. The molecule has 0 radical (unpaired) electrons. The van der Waals surface area contributed by atoms with Crippen molar-refractivity contribution in [2.24, 2.45) is 5.92 Å². The molecule has 3 heteroatoms. The first-order chi connectivity index (χ1) is 7.18. The van der Waals surface area contributed by atoms with Crippen molar-refractivity contribution in [2.45, 2.75) is 32.6 Å². The molecule has 0 spiro atoms. The molecule has 0 aliphatic heterocycles. The molecule has 86 valence electrons. The molecule has 1 unspecified atom stereocenters. The van der Waals surface area contributed by atoms with E-state index in [2.05, 4.69) is 26.1 Å². The van der Waals surface area contributed by atoms with Crippen molar-refractivity contribution in [3.8, 4) is 0 Å². The summed E-state index contributed by atoms with van der Waals surface area (Å²) in [5.74, 6) is 3.03. The second-order valence-electron chi connectivity index (χ2n) is 4.25. The van der Waals surface area contributed by atoms with E-state index in [4.69, 9.17) is 4.42 Å². The summed E-state index contributed by atoms with van der Waals surface area (Å²) in [6.07, 6.45) is 1.72. The molecule has 0 aliphatic rings. The van der Waals surface area contributed by atoms with Gasteiger partial charge in [-0.3, -0.25) is 0 Å². The Kier molecular flexibility index (Phi) is 5.88. The molecule has 0 aliphatic carbocycles. The van der Waals surface area contributed by atoms with Crippen LogP contribution in [0.1, 0.15) is 26.5 Å². The van der Waals surface area contributed by atoms with Gasteiger partial charge in [-0.15, -0.1) is 0 Å². The number of hydrogen-bond acceptors (Lipinski definition) is 3. The van der Waals surface area contributed by atoms with Crippen molar-refractivity contribution in [1.82, 2.24) is 5.32 Å². The minimum Gasteiger partial charge on any atom is -0.468 e. The molecule has 1 atom stereocenters. The summed E-state index contributed by atoms with van der Waals surface area (Å²) in [6.45, 7) is 8.66. The van der Waals surface area contributed by atoms with Crippen LogP contribution in [0.4, 0.5) is 0 Å². The highest BCUT2D eigenvalue weighted by Crippen LogP contribution is 2.13. The summed E-state index contributed by atoms with van der Waals surface area (Å²) >= 11 is 2.03. The molecule has 2 nitrogen and oxygen atoms in total. The van der Waals surface area contributed by atoms with E-state index >= 15 is 0 Å². The highest BCUT2D eigenvalue weighted by atomic mass is 32.2. The van der Waals surface area contributed by atoms with E-state index < -0.39 is 0 Å². The van der Waals surface area contributed by atoms with Gasteiger partial charge in [-0.25, -0.2) is 0 Å². The first-order valence-corrected chi connectivity index (χ1v) is 6.58. The van der Waals surface area contributed by atoms with Crippen LogP contribution in [-0.2, 0) is 6.54 Å². The molecule has 0 saturated carbocycles. The van der Waals surface area contributed by atoms with Crippen molar-refractivity contribution >= 4 is 11.8 Å². The van der Waals surface area contributed by atoms with E-state index in [0.29, 0.717) is 5.25 Å². The Morgan fingerprint density at radius 1 is 1.40 bits per heavy atom. The van der Waals surface area contributed by atoms with Crippen molar-refractivity contribution < 1.29 is 4.42 Å². The summed E-state index contributed by atoms with van der Waals surface area (Å²) in [5.41, 5.74) is 0. The third kappa shape index (κ3) is 5.90. The average Bonchev–Trinajstić information content (AvgIpc) is 2.67. The zero-order chi connectivity index (χ0) is 11.1. The molecule has 1 heterocycles. The number of nitrogens with one attached hydrogen (secondary N) is 1. The van der Waals surface area contributed by atoms with Crippen LogP contribution >= 0.6 is 11.8 Å². The fraction of sp³-hybridized carbons (Fsp3) is 0.667. The third-order valence-corrected chi connectivity index (χ3v) is 3.62. The molecule has 15 heavy (non-hydrogen) atoms. The molecule has 0 fully saturated rings. The Morgan fingerprint density at radius 3 is 2.80 bits per heavy atom. The predicted molar refractivity (Wildman–Crippen MR) is 67.2 cm³/mol. The fourth-order valence-electron chi connectivity index (χ4n) is 1.23. The zero-order valence-corrected chi connectivity index (χ0v) is 10.6. The third-order valence-electron chi connectivity index (χ3n) is 2.03. The van der Waals surface area contributed by atoms with Gasteiger partial charge < -0.3 is 9.73 Å². The Labute approximate surface area is 96.8 Å². The van der Waals surface area contributed by atoms with Gasteiger partial charge in [0.1, 0.15) is 5.76 Å². The van der Waals surface area contributed by atoms with Crippen molar-refractivity contribution in [2.75, 3.05) is 12.3 Å².